The lowest BCUT2D eigenvalue weighted by Crippen LogP contribution is -2.28. The Morgan fingerprint density at radius 1 is 1.41 bits per heavy atom. The van der Waals surface area contributed by atoms with E-state index in [0.717, 1.165) is 4.57 Å². The molecule has 0 saturated heterocycles. The summed E-state index contributed by atoms with van der Waals surface area (Å²) in [6.07, 6.45) is 1.00. The molecule has 1 aromatic heterocycles. The number of H-pyrrole nitrogens is 1. The van der Waals surface area contributed by atoms with Crippen molar-refractivity contribution in [2.24, 2.45) is 0 Å². The molecule has 1 heterocycles. The Labute approximate surface area is 103 Å². The van der Waals surface area contributed by atoms with Crippen molar-refractivity contribution in [3.63, 3.8) is 0 Å². The van der Waals surface area contributed by atoms with Crippen LogP contribution in [-0.4, -0.2) is 15.5 Å². The molecule has 0 spiro atoms. The molecule has 0 bridgehead atoms. The van der Waals surface area contributed by atoms with Crippen molar-refractivity contribution >= 4 is 29.0 Å². The minimum atomic E-state index is -0.345. The summed E-state index contributed by atoms with van der Waals surface area (Å²) in [6.45, 7) is 1.89. The Hall–Kier alpha value is -1.75. The van der Waals surface area contributed by atoms with E-state index in [0.29, 0.717) is 23.7 Å². The van der Waals surface area contributed by atoms with E-state index in [1.54, 1.807) is 18.2 Å². The molecule has 88 valence electrons. The molecule has 1 aromatic carbocycles. The minimum absolute atomic E-state index is 0.159. The van der Waals surface area contributed by atoms with Crippen LogP contribution in [0, 0.1) is 4.77 Å². The van der Waals surface area contributed by atoms with E-state index in [1.807, 2.05) is 13.0 Å². The first-order chi connectivity index (χ1) is 8.15. The summed E-state index contributed by atoms with van der Waals surface area (Å²) in [7, 11) is 0. The molecular formula is C12H12N2O2S. The highest BCUT2D eigenvalue weighted by Crippen LogP contribution is 2.06. The van der Waals surface area contributed by atoms with Gasteiger partial charge in [-0.1, -0.05) is 19.1 Å². The van der Waals surface area contributed by atoms with E-state index in [2.05, 4.69) is 4.98 Å². The number of hydrogen-bond acceptors (Lipinski definition) is 3. The quantitative estimate of drug-likeness (QED) is 0.831. The van der Waals surface area contributed by atoms with Gasteiger partial charge in [0, 0.05) is 6.42 Å². The van der Waals surface area contributed by atoms with Crippen LogP contribution in [0.3, 0.4) is 0 Å². The number of carbonyl (C=O) groups is 1. The summed E-state index contributed by atoms with van der Waals surface area (Å²) in [5.74, 6) is -0.260. The van der Waals surface area contributed by atoms with Gasteiger partial charge in [-0.05, 0) is 30.8 Å². The third kappa shape index (κ3) is 2.06. The summed E-state index contributed by atoms with van der Waals surface area (Å²) in [5, 5.41) is 0.477. The first-order valence-electron chi connectivity index (χ1n) is 5.42. The zero-order valence-corrected chi connectivity index (χ0v) is 10.2. The van der Waals surface area contributed by atoms with Gasteiger partial charge in [0.2, 0.25) is 5.91 Å². The molecule has 0 aliphatic heterocycles. The van der Waals surface area contributed by atoms with E-state index >= 15 is 0 Å². The molecule has 0 unspecified atom stereocenters. The summed E-state index contributed by atoms with van der Waals surface area (Å²) in [4.78, 5) is 26.8. The topological polar surface area (TPSA) is 54.9 Å². The van der Waals surface area contributed by atoms with Gasteiger partial charge in [-0.2, -0.15) is 0 Å². The van der Waals surface area contributed by atoms with Gasteiger partial charge in [-0.15, -0.1) is 0 Å². The van der Waals surface area contributed by atoms with Crippen LogP contribution < -0.4 is 5.56 Å². The first kappa shape index (κ1) is 11.7. The molecule has 0 saturated carbocycles. The van der Waals surface area contributed by atoms with Crippen LogP contribution in [0.25, 0.3) is 10.9 Å². The summed E-state index contributed by atoms with van der Waals surface area (Å²) in [6, 6.07) is 7.01. The lowest BCUT2D eigenvalue weighted by molar-refractivity contribution is 0.0895. The number of hydrogen-bond donors (Lipinski definition) is 1. The highest BCUT2D eigenvalue weighted by Gasteiger charge is 2.10. The van der Waals surface area contributed by atoms with Crippen molar-refractivity contribution in [2.45, 2.75) is 19.8 Å². The second kappa shape index (κ2) is 4.63. The molecule has 5 heteroatoms. The largest absolute Gasteiger partial charge is 0.331 e. The molecule has 1 N–H and O–H groups in total. The Balaban J connectivity index is 2.77. The van der Waals surface area contributed by atoms with E-state index in [1.165, 1.54) is 0 Å². The standard InChI is InChI=1S/C12H12N2O2S/c1-2-5-10(15)14-11(16)8-6-3-4-7-9(8)13-12(14)17/h3-4,6-7H,2,5H2,1H3,(H,13,17). The summed E-state index contributed by atoms with van der Waals surface area (Å²) >= 11 is 5.04. The number of nitrogens with zero attached hydrogens (tertiary/aromatic N) is 1. The fourth-order valence-corrected chi connectivity index (χ4v) is 2.01. The molecular weight excluding hydrogens is 236 g/mol. The zero-order valence-electron chi connectivity index (χ0n) is 9.40. The average Bonchev–Trinajstić information content (AvgIpc) is 2.29. The number of carbonyl (C=O) groups excluding carboxylic acids is 1. The van der Waals surface area contributed by atoms with Gasteiger partial charge in [0.25, 0.3) is 5.56 Å². The molecule has 4 nitrogen and oxygen atoms in total. The second-order valence-corrected chi connectivity index (χ2v) is 4.15. The Kier molecular flexibility index (Phi) is 3.19. The first-order valence-corrected chi connectivity index (χ1v) is 5.83. The van der Waals surface area contributed by atoms with Crippen molar-refractivity contribution in [3.8, 4) is 0 Å². The van der Waals surface area contributed by atoms with Crippen molar-refractivity contribution < 1.29 is 4.79 Å². The van der Waals surface area contributed by atoms with Crippen molar-refractivity contribution in [1.29, 1.82) is 0 Å². The van der Waals surface area contributed by atoms with Crippen LogP contribution in [0.1, 0.15) is 24.6 Å². The third-order valence-corrected chi connectivity index (χ3v) is 2.80. The molecule has 0 aliphatic rings. The fourth-order valence-electron chi connectivity index (χ4n) is 1.71. The van der Waals surface area contributed by atoms with Gasteiger partial charge in [0.1, 0.15) is 0 Å². The maximum absolute atomic E-state index is 12.1. The number of rotatable bonds is 2. The van der Waals surface area contributed by atoms with Gasteiger partial charge in [-0.25, -0.2) is 4.57 Å². The fraction of sp³-hybridized carbons (Fsp3) is 0.250. The molecule has 2 rings (SSSR count). The SMILES string of the molecule is CCCC(=O)n1c(=S)[nH]c2ccccc2c1=O. The van der Waals surface area contributed by atoms with Gasteiger partial charge < -0.3 is 4.98 Å². The molecule has 2 aromatic rings. The van der Waals surface area contributed by atoms with Crippen LogP contribution >= 0.6 is 12.2 Å². The number of nitrogens with one attached hydrogen (secondary N) is 1. The van der Waals surface area contributed by atoms with Crippen LogP contribution in [0.15, 0.2) is 29.1 Å². The van der Waals surface area contributed by atoms with Crippen LogP contribution in [0.5, 0.6) is 0 Å². The van der Waals surface area contributed by atoms with Gasteiger partial charge in [-0.3, -0.25) is 9.59 Å². The second-order valence-electron chi connectivity index (χ2n) is 3.76. The van der Waals surface area contributed by atoms with E-state index in [-0.39, 0.29) is 16.2 Å². The van der Waals surface area contributed by atoms with Gasteiger partial charge in [0.05, 0.1) is 10.9 Å². The lowest BCUT2D eigenvalue weighted by atomic mass is 10.2. The zero-order chi connectivity index (χ0) is 12.4. The van der Waals surface area contributed by atoms with E-state index in [9.17, 15) is 9.59 Å². The minimum Gasteiger partial charge on any atom is -0.331 e. The predicted molar refractivity (Wildman–Crippen MR) is 68.9 cm³/mol. The van der Waals surface area contributed by atoms with Crippen LogP contribution in [-0.2, 0) is 0 Å². The molecule has 0 amide bonds. The molecule has 0 aliphatic carbocycles. The van der Waals surface area contributed by atoms with Crippen molar-refractivity contribution in [3.05, 3.63) is 39.4 Å². The highest BCUT2D eigenvalue weighted by atomic mass is 32.1. The number of benzene rings is 1. The predicted octanol–water partition coefficient (Wildman–Crippen LogP) is 2.50. The van der Waals surface area contributed by atoms with E-state index in [4.69, 9.17) is 12.2 Å². The molecule has 0 radical (unpaired) electrons. The molecule has 17 heavy (non-hydrogen) atoms. The lowest BCUT2D eigenvalue weighted by Gasteiger charge is -2.05. The Bertz CT molecular complexity index is 685. The number of aromatic amines is 1. The van der Waals surface area contributed by atoms with Crippen molar-refractivity contribution in [1.82, 2.24) is 9.55 Å². The molecule has 0 fully saturated rings. The summed E-state index contributed by atoms with van der Waals surface area (Å²) < 4.78 is 1.20. The maximum Gasteiger partial charge on any atom is 0.268 e. The molecule has 0 atom stereocenters. The Morgan fingerprint density at radius 3 is 2.82 bits per heavy atom. The maximum atomic E-state index is 12.1. The smallest absolute Gasteiger partial charge is 0.268 e. The normalized spacial score (nSPS) is 10.6. The Morgan fingerprint density at radius 2 is 2.12 bits per heavy atom. The average molecular weight is 248 g/mol. The third-order valence-electron chi connectivity index (χ3n) is 2.52. The van der Waals surface area contributed by atoms with Crippen LogP contribution in [0.2, 0.25) is 0 Å². The van der Waals surface area contributed by atoms with Crippen LogP contribution in [0.4, 0.5) is 0 Å². The number of aromatic nitrogens is 2. The van der Waals surface area contributed by atoms with E-state index < -0.39 is 0 Å². The van der Waals surface area contributed by atoms with Gasteiger partial charge >= 0.3 is 0 Å². The highest BCUT2D eigenvalue weighted by molar-refractivity contribution is 7.71. The number of fused-ring (bicyclic) bond motifs is 1. The van der Waals surface area contributed by atoms with Crippen molar-refractivity contribution in [2.75, 3.05) is 0 Å². The summed E-state index contributed by atoms with van der Waals surface area (Å²) in [5.41, 5.74) is 0.311. The monoisotopic (exact) mass is 248 g/mol. The van der Waals surface area contributed by atoms with Gasteiger partial charge in [0.15, 0.2) is 4.77 Å². The number of para-hydroxylation sites is 1.